The Bertz CT molecular complexity index is 438. The largest absolute Gasteiger partial charge is 0.478 e. The summed E-state index contributed by atoms with van der Waals surface area (Å²) in [6, 6.07) is 0.991. The molecule has 5 nitrogen and oxygen atoms in total. The molecule has 1 N–H and O–H groups in total. The van der Waals surface area contributed by atoms with Gasteiger partial charge in [-0.15, -0.1) is 0 Å². The zero-order chi connectivity index (χ0) is 14.4. The fourth-order valence-electron chi connectivity index (χ4n) is 1.77. The molecule has 0 saturated carbocycles. The van der Waals surface area contributed by atoms with E-state index in [4.69, 9.17) is 9.84 Å². The van der Waals surface area contributed by atoms with E-state index in [-0.39, 0.29) is 11.4 Å². The Morgan fingerprint density at radius 2 is 2.26 bits per heavy atom. The van der Waals surface area contributed by atoms with Crippen LogP contribution in [0, 0.1) is 11.7 Å². The summed E-state index contributed by atoms with van der Waals surface area (Å²) in [6.07, 6.45) is 1.03. The first-order chi connectivity index (χ1) is 8.95. The van der Waals surface area contributed by atoms with Crippen molar-refractivity contribution in [1.82, 2.24) is 4.98 Å². The van der Waals surface area contributed by atoms with E-state index in [0.717, 1.165) is 12.3 Å². The lowest BCUT2D eigenvalue weighted by atomic mass is 10.1. The summed E-state index contributed by atoms with van der Waals surface area (Å²) in [5, 5.41) is 9.13. The number of carbonyl (C=O) groups is 1. The van der Waals surface area contributed by atoms with Gasteiger partial charge in [-0.05, 0) is 12.0 Å². The maximum atomic E-state index is 13.1. The maximum Gasteiger partial charge on any atom is 0.339 e. The van der Waals surface area contributed by atoms with Gasteiger partial charge in [-0.2, -0.15) is 0 Å². The van der Waals surface area contributed by atoms with Crippen LogP contribution in [0.5, 0.6) is 0 Å². The summed E-state index contributed by atoms with van der Waals surface area (Å²) >= 11 is 0. The van der Waals surface area contributed by atoms with Gasteiger partial charge in [0.25, 0.3) is 0 Å². The van der Waals surface area contributed by atoms with E-state index in [9.17, 15) is 9.18 Å². The third kappa shape index (κ3) is 4.48. The van der Waals surface area contributed by atoms with Crippen LogP contribution in [-0.4, -0.2) is 42.9 Å². The number of rotatable bonds is 7. The number of carboxylic acid groups (broad SMARTS) is 1. The van der Waals surface area contributed by atoms with Crippen molar-refractivity contribution in [3.05, 3.63) is 23.6 Å². The first kappa shape index (κ1) is 15.4. The van der Waals surface area contributed by atoms with Crippen LogP contribution in [0.25, 0.3) is 0 Å². The topological polar surface area (TPSA) is 62.7 Å². The van der Waals surface area contributed by atoms with Crippen molar-refractivity contribution in [2.24, 2.45) is 5.92 Å². The second kappa shape index (κ2) is 7.04. The first-order valence-electron chi connectivity index (χ1n) is 6.08. The van der Waals surface area contributed by atoms with Crippen LogP contribution in [0.4, 0.5) is 10.2 Å². The molecule has 0 amide bonds. The molecule has 0 fully saturated rings. The van der Waals surface area contributed by atoms with E-state index >= 15 is 0 Å². The third-order valence-electron chi connectivity index (χ3n) is 2.51. The van der Waals surface area contributed by atoms with Gasteiger partial charge >= 0.3 is 5.97 Å². The number of pyridine rings is 1. The molecule has 0 aliphatic carbocycles. The minimum absolute atomic E-state index is 0.128. The molecule has 6 heteroatoms. The monoisotopic (exact) mass is 270 g/mol. The molecule has 0 bridgehead atoms. The van der Waals surface area contributed by atoms with Gasteiger partial charge in [0.1, 0.15) is 17.2 Å². The molecule has 0 aliphatic rings. The zero-order valence-electron chi connectivity index (χ0n) is 11.4. The van der Waals surface area contributed by atoms with Gasteiger partial charge in [0, 0.05) is 20.2 Å². The van der Waals surface area contributed by atoms with E-state index in [0.29, 0.717) is 25.6 Å². The van der Waals surface area contributed by atoms with Gasteiger partial charge in [-0.3, -0.25) is 0 Å². The van der Waals surface area contributed by atoms with Gasteiger partial charge in [-0.1, -0.05) is 13.8 Å². The predicted octanol–water partition coefficient (Wildman–Crippen LogP) is 2.03. The normalized spacial score (nSPS) is 10.8. The number of carboxylic acids is 1. The van der Waals surface area contributed by atoms with E-state index in [2.05, 4.69) is 4.98 Å². The molecule has 1 aromatic rings. The lowest BCUT2D eigenvalue weighted by Crippen LogP contribution is -2.33. The smallest absolute Gasteiger partial charge is 0.339 e. The van der Waals surface area contributed by atoms with Crippen LogP contribution in [-0.2, 0) is 4.74 Å². The minimum Gasteiger partial charge on any atom is -0.478 e. The highest BCUT2D eigenvalue weighted by Gasteiger charge is 2.19. The average molecular weight is 270 g/mol. The van der Waals surface area contributed by atoms with Crippen molar-refractivity contribution in [1.29, 1.82) is 0 Å². The second-order valence-electron chi connectivity index (χ2n) is 4.66. The van der Waals surface area contributed by atoms with E-state index < -0.39 is 11.8 Å². The Morgan fingerprint density at radius 1 is 1.58 bits per heavy atom. The Balaban J connectivity index is 3.09. The van der Waals surface area contributed by atoms with Gasteiger partial charge in [0.05, 0.1) is 12.8 Å². The summed E-state index contributed by atoms with van der Waals surface area (Å²) in [4.78, 5) is 16.9. The van der Waals surface area contributed by atoms with E-state index in [1.165, 1.54) is 0 Å². The molecule has 1 aromatic heterocycles. The number of aromatic carboxylic acids is 1. The van der Waals surface area contributed by atoms with Crippen LogP contribution in [0.2, 0.25) is 0 Å². The molecular weight excluding hydrogens is 251 g/mol. The number of methoxy groups -OCH3 is 1. The number of anilines is 1. The van der Waals surface area contributed by atoms with Crippen molar-refractivity contribution in [3.63, 3.8) is 0 Å². The molecule has 1 heterocycles. The van der Waals surface area contributed by atoms with Crippen LogP contribution in [0.3, 0.4) is 0 Å². The molecule has 1 rings (SSSR count). The Kier molecular flexibility index (Phi) is 5.69. The maximum absolute atomic E-state index is 13.1. The van der Waals surface area contributed by atoms with Crippen LogP contribution < -0.4 is 4.90 Å². The number of hydrogen-bond donors (Lipinski definition) is 1. The Morgan fingerprint density at radius 3 is 2.79 bits per heavy atom. The van der Waals surface area contributed by atoms with Gasteiger partial charge in [0.15, 0.2) is 0 Å². The van der Waals surface area contributed by atoms with Crippen molar-refractivity contribution < 1.29 is 19.0 Å². The first-order valence-corrected chi connectivity index (χ1v) is 6.08. The number of nitrogens with zero attached hydrogens (tertiary/aromatic N) is 2. The summed E-state index contributed by atoms with van der Waals surface area (Å²) in [5.41, 5.74) is -0.128. The molecule has 0 aromatic carbocycles. The summed E-state index contributed by atoms with van der Waals surface area (Å²) < 4.78 is 18.1. The molecule has 0 atom stereocenters. The van der Waals surface area contributed by atoms with Gasteiger partial charge in [0.2, 0.25) is 0 Å². The number of hydrogen-bond acceptors (Lipinski definition) is 4. The van der Waals surface area contributed by atoms with Crippen LogP contribution in [0.1, 0.15) is 24.2 Å². The quantitative estimate of drug-likeness (QED) is 0.821. The molecule has 106 valence electrons. The molecular formula is C13H19FN2O3. The highest BCUT2D eigenvalue weighted by Crippen LogP contribution is 2.19. The molecule has 0 aliphatic heterocycles. The van der Waals surface area contributed by atoms with E-state index in [1.807, 2.05) is 13.8 Å². The fraction of sp³-hybridized carbons (Fsp3) is 0.538. The SMILES string of the molecule is COCCN(CC(C)C)c1ncc(F)cc1C(=O)O. The number of halogens is 1. The zero-order valence-corrected chi connectivity index (χ0v) is 11.4. The van der Waals surface area contributed by atoms with Gasteiger partial charge < -0.3 is 14.7 Å². The molecule has 0 radical (unpaired) electrons. The number of aromatic nitrogens is 1. The van der Waals surface area contributed by atoms with E-state index in [1.54, 1.807) is 12.0 Å². The average Bonchev–Trinajstić information content (AvgIpc) is 2.34. The standard InChI is InChI=1S/C13H19FN2O3/c1-9(2)8-16(4-5-19-3)12-11(13(17)18)6-10(14)7-15-12/h6-7,9H,4-5,8H2,1-3H3,(H,17,18). The van der Waals surface area contributed by atoms with Crippen LogP contribution in [0.15, 0.2) is 12.3 Å². The molecule has 0 saturated heterocycles. The predicted molar refractivity (Wildman–Crippen MR) is 70.1 cm³/mol. The Hall–Kier alpha value is -1.69. The van der Waals surface area contributed by atoms with Crippen molar-refractivity contribution in [3.8, 4) is 0 Å². The van der Waals surface area contributed by atoms with Crippen molar-refractivity contribution >= 4 is 11.8 Å². The fourth-order valence-corrected chi connectivity index (χ4v) is 1.77. The second-order valence-corrected chi connectivity index (χ2v) is 4.66. The third-order valence-corrected chi connectivity index (χ3v) is 2.51. The van der Waals surface area contributed by atoms with Gasteiger partial charge in [-0.25, -0.2) is 14.2 Å². The lowest BCUT2D eigenvalue weighted by Gasteiger charge is -2.26. The molecule has 19 heavy (non-hydrogen) atoms. The highest BCUT2D eigenvalue weighted by molar-refractivity contribution is 5.93. The highest BCUT2D eigenvalue weighted by atomic mass is 19.1. The number of ether oxygens (including phenoxy) is 1. The lowest BCUT2D eigenvalue weighted by molar-refractivity contribution is 0.0696. The minimum atomic E-state index is -1.19. The summed E-state index contributed by atoms with van der Waals surface area (Å²) in [6.45, 7) is 5.62. The molecule has 0 unspecified atom stereocenters. The summed E-state index contributed by atoms with van der Waals surface area (Å²) in [5.74, 6) is -1.24. The summed E-state index contributed by atoms with van der Waals surface area (Å²) in [7, 11) is 1.57. The van der Waals surface area contributed by atoms with Crippen molar-refractivity contribution in [2.75, 3.05) is 31.7 Å². The molecule has 0 spiro atoms. The van der Waals surface area contributed by atoms with Crippen LogP contribution >= 0.6 is 0 Å². The Labute approximate surface area is 112 Å². The van der Waals surface area contributed by atoms with Crippen molar-refractivity contribution in [2.45, 2.75) is 13.8 Å².